The summed E-state index contributed by atoms with van der Waals surface area (Å²) >= 11 is 0. The van der Waals surface area contributed by atoms with E-state index in [1.165, 1.54) is 4.90 Å². The number of ether oxygens (including phenoxy) is 1. The molecule has 2 rings (SSSR count). The smallest absolute Gasteiger partial charge is 0.334 e. The molecule has 1 aliphatic rings. The Hall–Kier alpha value is -2.08. The molecule has 1 fully saturated rings. The van der Waals surface area contributed by atoms with Crippen LogP contribution in [-0.2, 0) is 20.7 Å². The number of rotatable bonds is 3. The minimum absolute atomic E-state index is 0.0937. The predicted molar refractivity (Wildman–Crippen MR) is 68.5 cm³/mol. The first kappa shape index (κ1) is 13.4. The maximum Gasteiger partial charge on any atom is 0.334 e. The van der Waals surface area contributed by atoms with Gasteiger partial charge in [0, 0.05) is 12.2 Å². The topological polar surface area (TPSA) is 92.9 Å². The second-order valence-corrected chi connectivity index (χ2v) is 4.46. The van der Waals surface area contributed by atoms with Crippen LogP contribution in [0.15, 0.2) is 24.3 Å². The number of morpholine rings is 1. The Morgan fingerprint density at radius 3 is 2.95 bits per heavy atom. The van der Waals surface area contributed by atoms with Crippen LogP contribution in [0.4, 0.5) is 5.69 Å². The highest BCUT2D eigenvalue weighted by Gasteiger charge is 2.28. The number of carboxylic acid groups (broad SMARTS) is 1. The molecule has 0 aromatic heterocycles. The third-order valence-electron chi connectivity index (χ3n) is 3.00. The predicted octanol–water partition coefficient (Wildman–Crippen LogP) is 0.123. The zero-order valence-electron chi connectivity index (χ0n) is 10.4. The molecule has 1 unspecified atom stereocenters. The third-order valence-corrected chi connectivity index (χ3v) is 3.00. The quantitative estimate of drug-likeness (QED) is 0.757. The normalized spacial score (nSPS) is 19.2. The fraction of sp³-hybridized carbons (Fsp3) is 0.385. The van der Waals surface area contributed by atoms with Crippen molar-refractivity contribution < 1.29 is 19.4 Å². The van der Waals surface area contributed by atoms with Gasteiger partial charge in [-0.3, -0.25) is 4.79 Å². The second-order valence-electron chi connectivity index (χ2n) is 4.46. The molecule has 6 heteroatoms. The SMILES string of the molecule is Nc1cccc(CC(=O)N2CCOC(C(=O)O)C2)c1. The van der Waals surface area contributed by atoms with E-state index in [2.05, 4.69) is 0 Å². The fourth-order valence-electron chi connectivity index (χ4n) is 2.01. The number of amides is 1. The number of nitrogen functional groups attached to an aromatic ring is 1. The Labute approximate surface area is 110 Å². The molecule has 0 radical (unpaired) electrons. The molecule has 1 amide bonds. The van der Waals surface area contributed by atoms with Crippen molar-refractivity contribution in [1.82, 2.24) is 4.90 Å². The number of anilines is 1. The molecule has 1 aliphatic heterocycles. The zero-order chi connectivity index (χ0) is 13.8. The van der Waals surface area contributed by atoms with Gasteiger partial charge in [0.15, 0.2) is 6.10 Å². The van der Waals surface area contributed by atoms with Gasteiger partial charge in [0.2, 0.25) is 5.91 Å². The summed E-state index contributed by atoms with van der Waals surface area (Å²) < 4.78 is 5.08. The average molecular weight is 264 g/mol. The molecule has 1 aromatic rings. The molecular weight excluding hydrogens is 248 g/mol. The molecule has 3 N–H and O–H groups in total. The van der Waals surface area contributed by atoms with E-state index in [1.54, 1.807) is 18.2 Å². The highest BCUT2D eigenvalue weighted by molar-refractivity contribution is 5.80. The van der Waals surface area contributed by atoms with Crippen molar-refractivity contribution in [3.8, 4) is 0 Å². The highest BCUT2D eigenvalue weighted by atomic mass is 16.5. The zero-order valence-corrected chi connectivity index (χ0v) is 10.4. The van der Waals surface area contributed by atoms with E-state index in [4.69, 9.17) is 15.6 Å². The van der Waals surface area contributed by atoms with E-state index in [0.717, 1.165) is 5.56 Å². The van der Waals surface area contributed by atoms with Gasteiger partial charge in [-0.1, -0.05) is 12.1 Å². The number of carbonyl (C=O) groups excluding carboxylic acids is 1. The first-order valence-electron chi connectivity index (χ1n) is 6.03. The van der Waals surface area contributed by atoms with Gasteiger partial charge in [0.1, 0.15) is 0 Å². The van der Waals surface area contributed by atoms with Crippen molar-refractivity contribution in [1.29, 1.82) is 0 Å². The maximum absolute atomic E-state index is 12.1. The van der Waals surface area contributed by atoms with Crippen molar-refractivity contribution in [3.63, 3.8) is 0 Å². The van der Waals surface area contributed by atoms with Crippen LogP contribution in [0.5, 0.6) is 0 Å². The third kappa shape index (κ3) is 3.45. The van der Waals surface area contributed by atoms with Crippen LogP contribution in [0.25, 0.3) is 0 Å². The Morgan fingerprint density at radius 2 is 2.26 bits per heavy atom. The first-order valence-corrected chi connectivity index (χ1v) is 6.03. The monoisotopic (exact) mass is 264 g/mol. The van der Waals surface area contributed by atoms with Gasteiger partial charge in [-0.05, 0) is 17.7 Å². The molecule has 0 aliphatic carbocycles. The van der Waals surface area contributed by atoms with Crippen LogP contribution >= 0.6 is 0 Å². The number of hydrogen-bond donors (Lipinski definition) is 2. The molecule has 1 atom stereocenters. The van der Waals surface area contributed by atoms with Gasteiger partial charge >= 0.3 is 5.97 Å². The molecular formula is C13H16N2O4. The molecule has 19 heavy (non-hydrogen) atoms. The average Bonchev–Trinajstić information content (AvgIpc) is 2.39. The summed E-state index contributed by atoms with van der Waals surface area (Å²) in [5.41, 5.74) is 7.08. The number of nitrogens with zero attached hydrogens (tertiary/aromatic N) is 1. The van der Waals surface area contributed by atoms with Crippen LogP contribution in [0.2, 0.25) is 0 Å². The van der Waals surface area contributed by atoms with Gasteiger partial charge in [0.05, 0.1) is 19.6 Å². The minimum atomic E-state index is -1.04. The Balaban J connectivity index is 1.98. The molecule has 1 aromatic carbocycles. The van der Waals surface area contributed by atoms with E-state index >= 15 is 0 Å². The largest absolute Gasteiger partial charge is 0.479 e. The lowest BCUT2D eigenvalue weighted by Gasteiger charge is -2.31. The first-order chi connectivity index (χ1) is 9.06. The number of aliphatic carboxylic acids is 1. The van der Waals surface area contributed by atoms with Crippen LogP contribution in [0.3, 0.4) is 0 Å². The van der Waals surface area contributed by atoms with Crippen molar-refractivity contribution >= 4 is 17.6 Å². The molecule has 6 nitrogen and oxygen atoms in total. The highest BCUT2D eigenvalue weighted by Crippen LogP contribution is 2.11. The Bertz CT molecular complexity index is 489. The lowest BCUT2D eigenvalue weighted by atomic mass is 10.1. The Kier molecular flexibility index (Phi) is 4.01. The van der Waals surface area contributed by atoms with Crippen LogP contribution in [0.1, 0.15) is 5.56 Å². The number of benzene rings is 1. The summed E-state index contributed by atoms with van der Waals surface area (Å²) in [5.74, 6) is -1.15. The van der Waals surface area contributed by atoms with Gasteiger partial charge in [-0.25, -0.2) is 4.79 Å². The molecule has 0 bridgehead atoms. The molecule has 0 spiro atoms. The molecule has 102 valence electrons. The minimum Gasteiger partial charge on any atom is -0.479 e. The van der Waals surface area contributed by atoms with Crippen LogP contribution in [0, 0.1) is 0 Å². The maximum atomic E-state index is 12.1. The lowest BCUT2D eigenvalue weighted by Crippen LogP contribution is -2.49. The van der Waals surface area contributed by atoms with E-state index < -0.39 is 12.1 Å². The van der Waals surface area contributed by atoms with E-state index in [1.807, 2.05) is 6.07 Å². The van der Waals surface area contributed by atoms with Crippen LogP contribution < -0.4 is 5.73 Å². The van der Waals surface area contributed by atoms with Crippen LogP contribution in [-0.4, -0.2) is 47.7 Å². The summed E-state index contributed by atoms with van der Waals surface area (Å²) in [6.07, 6.45) is -0.712. The fourth-order valence-corrected chi connectivity index (χ4v) is 2.01. The summed E-state index contributed by atoms with van der Waals surface area (Å²) in [6, 6.07) is 7.11. The molecule has 1 heterocycles. The van der Waals surface area contributed by atoms with Gasteiger partial charge < -0.3 is 20.5 Å². The van der Waals surface area contributed by atoms with E-state index in [-0.39, 0.29) is 25.5 Å². The number of carbonyl (C=O) groups is 2. The second kappa shape index (κ2) is 5.71. The van der Waals surface area contributed by atoms with Crippen molar-refractivity contribution in [2.75, 3.05) is 25.4 Å². The van der Waals surface area contributed by atoms with Crippen molar-refractivity contribution in [3.05, 3.63) is 29.8 Å². The summed E-state index contributed by atoms with van der Waals surface area (Å²) in [7, 11) is 0. The standard InChI is InChI=1S/C13H16N2O4/c14-10-3-1-2-9(6-10)7-12(16)15-4-5-19-11(8-15)13(17)18/h1-3,6,11H,4-5,7-8,14H2,(H,17,18). The van der Waals surface area contributed by atoms with Gasteiger partial charge in [-0.2, -0.15) is 0 Å². The summed E-state index contributed by atoms with van der Waals surface area (Å²) in [4.78, 5) is 24.4. The van der Waals surface area contributed by atoms with Crippen molar-refractivity contribution in [2.45, 2.75) is 12.5 Å². The number of hydrogen-bond acceptors (Lipinski definition) is 4. The lowest BCUT2D eigenvalue weighted by molar-refractivity contribution is -0.159. The number of nitrogens with two attached hydrogens (primary N) is 1. The van der Waals surface area contributed by atoms with Gasteiger partial charge in [0.25, 0.3) is 0 Å². The number of carboxylic acids is 1. The Morgan fingerprint density at radius 1 is 1.47 bits per heavy atom. The van der Waals surface area contributed by atoms with E-state index in [9.17, 15) is 9.59 Å². The molecule has 0 saturated carbocycles. The summed E-state index contributed by atoms with van der Waals surface area (Å²) in [5, 5.41) is 8.88. The summed E-state index contributed by atoms with van der Waals surface area (Å²) in [6.45, 7) is 0.765. The van der Waals surface area contributed by atoms with Gasteiger partial charge in [-0.15, -0.1) is 0 Å². The molecule has 1 saturated heterocycles. The van der Waals surface area contributed by atoms with E-state index in [0.29, 0.717) is 12.2 Å². The van der Waals surface area contributed by atoms with Crippen molar-refractivity contribution in [2.24, 2.45) is 0 Å².